The van der Waals surface area contributed by atoms with Gasteiger partial charge < -0.3 is 9.47 Å². The van der Waals surface area contributed by atoms with Crippen molar-refractivity contribution < 1.29 is 22.3 Å². The average Bonchev–Trinajstić information content (AvgIpc) is 2.67. The first-order valence-electron chi connectivity index (χ1n) is 8.93. The molecule has 0 aromatic heterocycles. The van der Waals surface area contributed by atoms with Crippen molar-refractivity contribution in [3.8, 4) is 0 Å². The summed E-state index contributed by atoms with van der Waals surface area (Å²) in [7, 11) is -2.07. The lowest BCUT2D eigenvalue weighted by Crippen LogP contribution is -2.42. The van der Waals surface area contributed by atoms with Gasteiger partial charge >= 0.3 is 0 Å². The van der Waals surface area contributed by atoms with E-state index in [1.165, 1.54) is 10.4 Å². The number of fused-ring (bicyclic) bond motifs is 1. The zero-order chi connectivity index (χ0) is 19.3. The minimum absolute atomic E-state index is 0.0772. The lowest BCUT2D eigenvalue weighted by molar-refractivity contribution is 0.0780. The summed E-state index contributed by atoms with van der Waals surface area (Å²) in [6.07, 6.45) is 0.602. The first-order chi connectivity index (χ1) is 13.0. The molecule has 1 aliphatic rings. The van der Waals surface area contributed by atoms with Crippen molar-refractivity contribution in [1.29, 1.82) is 0 Å². The number of benzene rings is 2. The molecule has 0 bridgehead atoms. The van der Waals surface area contributed by atoms with E-state index in [2.05, 4.69) is 0 Å². The van der Waals surface area contributed by atoms with Gasteiger partial charge in [-0.1, -0.05) is 42.5 Å². The molecule has 0 fully saturated rings. The summed E-state index contributed by atoms with van der Waals surface area (Å²) in [5.41, 5.74) is 2.25. The molecule has 27 heavy (non-hydrogen) atoms. The molecule has 0 aliphatic carbocycles. The number of hydrogen-bond acceptors (Lipinski definition) is 4. The minimum atomic E-state index is -3.63. The molecule has 0 saturated heterocycles. The van der Waals surface area contributed by atoms with E-state index in [1.807, 2.05) is 24.3 Å². The lowest BCUT2D eigenvalue weighted by Gasteiger charge is -2.36. The molecule has 5 nitrogen and oxygen atoms in total. The normalized spacial score (nSPS) is 17.6. The van der Waals surface area contributed by atoms with E-state index < -0.39 is 21.9 Å². The molecule has 0 radical (unpaired) electrons. The molecule has 1 unspecified atom stereocenters. The number of hydrogen-bond donors (Lipinski definition) is 0. The molecule has 146 valence electrons. The van der Waals surface area contributed by atoms with Crippen LogP contribution in [-0.2, 0) is 25.9 Å². The van der Waals surface area contributed by atoms with Crippen molar-refractivity contribution in [3.63, 3.8) is 0 Å². The quantitative estimate of drug-likeness (QED) is 0.647. The molecule has 0 amide bonds. The van der Waals surface area contributed by atoms with E-state index in [0.717, 1.165) is 11.1 Å². The van der Waals surface area contributed by atoms with Crippen molar-refractivity contribution in [1.82, 2.24) is 4.31 Å². The van der Waals surface area contributed by atoms with E-state index >= 15 is 0 Å². The summed E-state index contributed by atoms with van der Waals surface area (Å²) in [4.78, 5) is 0. The van der Waals surface area contributed by atoms with Crippen molar-refractivity contribution in [2.24, 2.45) is 0 Å². The van der Waals surface area contributed by atoms with Crippen LogP contribution in [0.1, 0.15) is 22.7 Å². The van der Waals surface area contributed by atoms with Crippen LogP contribution in [0.15, 0.2) is 48.5 Å². The van der Waals surface area contributed by atoms with E-state index in [4.69, 9.17) is 9.47 Å². The Balaban J connectivity index is 1.91. The molecule has 1 aliphatic heterocycles. The van der Waals surface area contributed by atoms with Gasteiger partial charge in [-0.15, -0.1) is 0 Å². The Labute approximate surface area is 159 Å². The van der Waals surface area contributed by atoms with Gasteiger partial charge in [-0.25, -0.2) is 12.8 Å². The van der Waals surface area contributed by atoms with Crippen LogP contribution in [0.4, 0.5) is 4.39 Å². The molecule has 3 rings (SSSR count). The van der Waals surface area contributed by atoms with Crippen LogP contribution in [0.2, 0.25) is 0 Å². The van der Waals surface area contributed by atoms with Crippen LogP contribution in [0.25, 0.3) is 0 Å². The predicted octanol–water partition coefficient (Wildman–Crippen LogP) is 2.77. The average molecular weight is 393 g/mol. The highest BCUT2D eigenvalue weighted by atomic mass is 32.2. The van der Waals surface area contributed by atoms with Crippen molar-refractivity contribution in [3.05, 3.63) is 71.0 Å². The molecule has 0 N–H and O–H groups in total. The van der Waals surface area contributed by atoms with E-state index in [-0.39, 0.29) is 12.4 Å². The topological polar surface area (TPSA) is 55.8 Å². The zero-order valence-corrected chi connectivity index (χ0v) is 16.1. The van der Waals surface area contributed by atoms with Gasteiger partial charge in [0.25, 0.3) is 0 Å². The first kappa shape index (κ1) is 19.9. The molecule has 2 aromatic carbocycles. The molecule has 1 atom stereocenters. The van der Waals surface area contributed by atoms with Crippen molar-refractivity contribution in [2.75, 3.05) is 39.2 Å². The highest BCUT2D eigenvalue weighted by molar-refractivity contribution is 7.89. The largest absolute Gasteiger partial charge is 0.382 e. The number of ether oxygens (including phenoxy) is 2. The van der Waals surface area contributed by atoms with Gasteiger partial charge in [0.2, 0.25) is 10.0 Å². The van der Waals surface area contributed by atoms with Crippen LogP contribution in [0.3, 0.4) is 0 Å². The number of nitrogens with zero attached hydrogens (tertiary/aromatic N) is 1. The molecular weight excluding hydrogens is 369 g/mol. The third-order valence-electron chi connectivity index (χ3n) is 4.71. The van der Waals surface area contributed by atoms with Gasteiger partial charge in [0.05, 0.1) is 31.6 Å². The number of halogens is 1. The van der Waals surface area contributed by atoms with E-state index in [0.29, 0.717) is 31.7 Å². The molecular formula is C20H24FNO4S. The highest BCUT2D eigenvalue weighted by Crippen LogP contribution is 2.37. The zero-order valence-electron chi connectivity index (χ0n) is 15.3. The second-order valence-electron chi connectivity index (χ2n) is 6.40. The fraction of sp³-hybridized carbons (Fsp3) is 0.400. The van der Waals surface area contributed by atoms with Gasteiger partial charge in [0.15, 0.2) is 0 Å². The molecule has 0 saturated carbocycles. The summed E-state index contributed by atoms with van der Waals surface area (Å²) in [6, 6.07) is 13.3. The predicted molar refractivity (Wildman–Crippen MR) is 102 cm³/mol. The Kier molecular flexibility index (Phi) is 6.59. The van der Waals surface area contributed by atoms with Crippen molar-refractivity contribution >= 4 is 10.0 Å². The third kappa shape index (κ3) is 4.55. The fourth-order valence-electron chi connectivity index (χ4n) is 3.39. The second-order valence-corrected chi connectivity index (χ2v) is 8.45. The minimum Gasteiger partial charge on any atom is -0.382 e. The summed E-state index contributed by atoms with van der Waals surface area (Å²) in [5.74, 6) is -0.556. The van der Waals surface area contributed by atoms with Crippen molar-refractivity contribution in [2.45, 2.75) is 12.5 Å². The smallest absolute Gasteiger partial charge is 0.217 e. The van der Waals surface area contributed by atoms with Crippen LogP contribution in [0, 0.1) is 5.82 Å². The van der Waals surface area contributed by atoms with E-state index in [1.54, 1.807) is 25.3 Å². The number of methoxy groups -OCH3 is 1. The van der Waals surface area contributed by atoms with Crippen LogP contribution >= 0.6 is 0 Å². The lowest BCUT2D eigenvalue weighted by atomic mass is 9.89. The Hall–Kier alpha value is -1.80. The van der Waals surface area contributed by atoms with Crippen LogP contribution < -0.4 is 0 Å². The second kappa shape index (κ2) is 8.93. The molecule has 0 spiro atoms. The van der Waals surface area contributed by atoms with Crippen LogP contribution in [0.5, 0.6) is 0 Å². The molecule has 1 heterocycles. The Morgan fingerprint density at radius 1 is 1.04 bits per heavy atom. The Morgan fingerprint density at radius 2 is 1.74 bits per heavy atom. The van der Waals surface area contributed by atoms with Gasteiger partial charge in [0.1, 0.15) is 5.82 Å². The third-order valence-corrected chi connectivity index (χ3v) is 6.50. The van der Waals surface area contributed by atoms with Gasteiger partial charge in [-0.05, 0) is 23.6 Å². The fourth-order valence-corrected chi connectivity index (χ4v) is 4.87. The SMILES string of the molecule is COCCOCCS(=O)(=O)N1CCc2ccccc2C1c1ccccc1F. The maximum Gasteiger partial charge on any atom is 0.217 e. The monoisotopic (exact) mass is 393 g/mol. The number of sulfonamides is 1. The number of rotatable bonds is 8. The first-order valence-corrected chi connectivity index (χ1v) is 10.5. The molecule has 7 heteroatoms. The van der Waals surface area contributed by atoms with Gasteiger partial charge in [-0.3, -0.25) is 0 Å². The maximum absolute atomic E-state index is 14.6. The Morgan fingerprint density at radius 3 is 2.48 bits per heavy atom. The van der Waals surface area contributed by atoms with Gasteiger partial charge in [-0.2, -0.15) is 4.31 Å². The van der Waals surface area contributed by atoms with Crippen LogP contribution in [-0.4, -0.2) is 52.0 Å². The standard InChI is InChI=1S/C20H24FNO4S/c1-25-12-13-26-14-15-27(23,24)22-11-10-16-6-2-3-7-17(16)20(22)18-8-4-5-9-19(18)21/h2-9,20H,10-15H2,1H3. The van der Waals surface area contributed by atoms with E-state index in [9.17, 15) is 12.8 Å². The highest BCUT2D eigenvalue weighted by Gasteiger charge is 2.37. The maximum atomic E-state index is 14.6. The summed E-state index contributed by atoms with van der Waals surface area (Å²) in [5, 5.41) is 0. The summed E-state index contributed by atoms with van der Waals surface area (Å²) >= 11 is 0. The Bertz CT molecular complexity index is 872. The molecule has 2 aromatic rings. The van der Waals surface area contributed by atoms with Gasteiger partial charge in [0, 0.05) is 19.2 Å². The summed E-state index contributed by atoms with van der Waals surface area (Å²) in [6.45, 7) is 1.14. The summed E-state index contributed by atoms with van der Waals surface area (Å²) < 4.78 is 52.2.